The molecule has 25 heavy (non-hydrogen) atoms. The summed E-state index contributed by atoms with van der Waals surface area (Å²) in [5.41, 5.74) is 21.7. The summed E-state index contributed by atoms with van der Waals surface area (Å²) < 4.78 is 20.6. The number of benzene rings is 1. The molecule has 0 aliphatic carbocycles. The third-order valence-electron chi connectivity index (χ3n) is 4.95. The van der Waals surface area contributed by atoms with Crippen molar-refractivity contribution >= 4 is 11.4 Å². The minimum atomic E-state index is 0.220. The van der Waals surface area contributed by atoms with E-state index < -0.39 is 0 Å². The second-order valence-corrected chi connectivity index (χ2v) is 7.25. The molecule has 4 heterocycles. The van der Waals surface area contributed by atoms with Crippen molar-refractivity contribution < 1.29 is 18.9 Å². The van der Waals surface area contributed by atoms with E-state index in [1.54, 1.807) is 0 Å². The van der Waals surface area contributed by atoms with E-state index in [-0.39, 0.29) is 6.04 Å². The van der Waals surface area contributed by atoms with Gasteiger partial charge in [0.1, 0.15) is 0 Å². The average Bonchev–Trinajstić information content (AvgIpc) is 3.44. The fraction of sp³-hybridized carbons (Fsp3) is 0.667. The van der Waals surface area contributed by atoms with Crippen LogP contribution in [-0.2, 0) is 31.8 Å². The van der Waals surface area contributed by atoms with Gasteiger partial charge in [-0.25, -0.2) is 0 Å². The van der Waals surface area contributed by atoms with Crippen molar-refractivity contribution in [3.63, 3.8) is 0 Å². The number of hydrogen-bond donors (Lipinski definition) is 3. The Labute approximate surface area is 147 Å². The number of hydrogen-bond acceptors (Lipinski definition) is 7. The lowest BCUT2D eigenvalue weighted by Crippen LogP contribution is -2.28. The maximum absolute atomic E-state index is 6.01. The van der Waals surface area contributed by atoms with Crippen LogP contribution in [-0.4, -0.2) is 56.9 Å². The Kier molecular flexibility index (Phi) is 4.84. The van der Waals surface area contributed by atoms with E-state index in [0.717, 1.165) is 68.2 Å². The summed E-state index contributed by atoms with van der Waals surface area (Å²) >= 11 is 0. The van der Waals surface area contributed by atoms with Gasteiger partial charge >= 0.3 is 0 Å². The number of nitrogens with two attached hydrogens (primary N) is 3. The van der Waals surface area contributed by atoms with Crippen LogP contribution < -0.4 is 17.2 Å². The van der Waals surface area contributed by atoms with Crippen LogP contribution in [0.3, 0.4) is 0 Å². The number of rotatable bonds is 7. The Hall–Kier alpha value is -1.38. The Balaban J connectivity index is 0.000000147. The highest BCUT2D eigenvalue weighted by Gasteiger charge is 2.35. The molecule has 1 aromatic carbocycles. The van der Waals surface area contributed by atoms with Crippen LogP contribution >= 0.6 is 0 Å². The zero-order valence-corrected chi connectivity index (χ0v) is 14.4. The van der Waals surface area contributed by atoms with Crippen LogP contribution in [0, 0.1) is 0 Å². The van der Waals surface area contributed by atoms with Crippen molar-refractivity contribution in [2.75, 3.05) is 37.9 Å². The molecule has 0 spiro atoms. The molecule has 4 saturated heterocycles. The summed E-state index contributed by atoms with van der Waals surface area (Å²) in [6, 6.07) is 3.98. The second-order valence-electron chi connectivity index (χ2n) is 7.25. The lowest BCUT2D eigenvalue weighted by atomic mass is 9.96. The van der Waals surface area contributed by atoms with Crippen LogP contribution in [0.15, 0.2) is 12.1 Å². The van der Waals surface area contributed by atoms with Crippen molar-refractivity contribution in [1.82, 2.24) is 0 Å². The van der Waals surface area contributed by atoms with E-state index in [1.807, 2.05) is 12.1 Å². The lowest BCUT2D eigenvalue weighted by Gasteiger charge is -2.13. The van der Waals surface area contributed by atoms with Gasteiger partial charge in [-0.3, -0.25) is 0 Å². The van der Waals surface area contributed by atoms with Gasteiger partial charge in [0.2, 0.25) is 0 Å². The van der Waals surface area contributed by atoms with Crippen molar-refractivity contribution in [3.05, 3.63) is 23.3 Å². The van der Waals surface area contributed by atoms with E-state index in [9.17, 15) is 0 Å². The number of nitrogen functional groups attached to an aromatic ring is 2. The van der Waals surface area contributed by atoms with Crippen LogP contribution in [0.25, 0.3) is 0 Å². The first-order valence-corrected chi connectivity index (χ1v) is 8.98. The highest BCUT2D eigenvalue weighted by atomic mass is 16.6. The first-order valence-electron chi connectivity index (χ1n) is 8.98. The molecule has 4 aliphatic rings. The molecule has 5 atom stereocenters. The van der Waals surface area contributed by atoms with E-state index in [4.69, 9.17) is 36.1 Å². The fourth-order valence-corrected chi connectivity index (χ4v) is 3.00. The molecule has 0 bridgehead atoms. The fourth-order valence-electron chi connectivity index (χ4n) is 3.00. The zero-order chi connectivity index (χ0) is 17.4. The molecule has 0 amide bonds. The minimum absolute atomic E-state index is 0.220. The van der Waals surface area contributed by atoms with Gasteiger partial charge in [0, 0.05) is 30.3 Å². The van der Waals surface area contributed by atoms with Crippen LogP contribution in [0.5, 0.6) is 0 Å². The third kappa shape index (κ3) is 5.05. The third-order valence-corrected chi connectivity index (χ3v) is 4.95. The predicted octanol–water partition coefficient (Wildman–Crippen LogP) is 0.235. The smallest absolute Gasteiger partial charge is 0.0961 e. The summed E-state index contributed by atoms with van der Waals surface area (Å²) in [5.74, 6) is 0. The zero-order valence-electron chi connectivity index (χ0n) is 14.4. The highest BCUT2D eigenvalue weighted by molar-refractivity contribution is 5.62. The topological polar surface area (TPSA) is 128 Å². The summed E-state index contributed by atoms with van der Waals surface area (Å²) in [7, 11) is 0. The number of epoxide rings is 4. The van der Waals surface area contributed by atoms with Gasteiger partial charge in [-0.05, 0) is 29.7 Å². The van der Waals surface area contributed by atoms with Gasteiger partial charge in [0.15, 0.2) is 0 Å². The van der Waals surface area contributed by atoms with Gasteiger partial charge in [-0.15, -0.1) is 0 Å². The Morgan fingerprint density at radius 2 is 1.24 bits per heavy atom. The Bertz CT molecular complexity index is 572. The van der Waals surface area contributed by atoms with Crippen molar-refractivity contribution in [3.8, 4) is 0 Å². The molecule has 5 unspecified atom stereocenters. The van der Waals surface area contributed by atoms with Gasteiger partial charge < -0.3 is 36.1 Å². The summed E-state index contributed by atoms with van der Waals surface area (Å²) in [6.45, 7) is 3.44. The second kappa shape index (κ2) is 7.09. The van der Waals surface area contributed by atoms with Crippen molar-refractivity contribution in [1.29, 1.82) is 0 Å². The Morgan fingerprint density at radius 3 is 1.60 bits per heavy atom. The molecule has 4 fully saturated rings. The molecular weight excluding hydrogens is 322 g/mol. The van der Waals surface area contributed by atoms with E-state index in [2.05, 4.69) is 0 Å². The maximum Gasteiger partial charge on any atom is 0.0961 e. The van der Waals surface area contributed by atoms with Gasteiger partial charge in [-0.1, -0.05) is 0 Å². The first-order chi connectivity index (χ1) is 12.1. The molecular formula is C18H27N3O4. The van der Waals surface area contributed by atoms with Crippen LogP contribution in [0.2, 0.25) is 0 Å². The molecule has 0 aromatic heterocycles. The minimum Gasteiger partial charge on any atom is -0.398 e. The molecule has 1 aromatic rings. The summed E-state index contributed by atoms with van der Waals surface area (Å²) in [6.07, 6.45) is 4.19. The maximum atomic E-state index is 6.01. The van der Waals surface area contributed by atoms with Crippen LogP contribution in [0.4, 0.5) is 11.4 Å². The van der Waals surface area contributed by atoms with E-state index in [1.165, 1.54) is 0 Å². The van der Waals surface area contributed by atoms with Gasteiger partial charge in [0.25, 0.3) is 0 Å². The Morgan fingerprint density at radius 1 is 0.800 bits per heavy atom. The first kappa shape index (κ1) is 17.1. The summed E-state index contributed by atoms with van der Waals surface area (Å²) in [5, 5.41) is 0. The molecule has 5 rings (SSSR count). The SMILES string of the molecule is NC(CC1CO1)C1CO1.Nc1ccc(N)c(CC2CO2)c1CC1CO1. The predicted molar refractivity (Wildman–Crippen MR) is 94.2 cm³/mol. The van der Waals surface area contributed by atoms with Gasteiger partial charge in [0.05, 0.1) is 50.8 Å². The molecule has 7 nitrogen and oxygen atoms in total. The standard InChI is InChI=1S/C12H16N2O2.C6H11NO2/c13-11-1-2-12(14)10(4-8-6-16-8)9(11)3-7-5-15-7;7-5(6-3-9-6)1-4-2-8-4/h1-2,7-8H,3-6,13-14H2;4-6H,1-3,7H2. The molecule has 0 saturated carbocycles. The highest BCUT2D eigenvalue weighted by Crippen LogP contribution is 2.31. The quantitative estimate of drug-likeness (QED) is 0.475. The number of anilines is 2. The summed E-state index contributed by atoms with van der Waals surface area (Å²) in [4.78, 5) is 0. The van der Waals surface area contributed by atoms with E-state index in [0.29, 0.717) is 24.4 Å². The monoisotopic (exact) mass is 349 g/mol. The average molecular weight is 349 g/mol. The molecule has 4 aliphatic heterocycles. The molecule has 7 heteroatoms. The lowest BCUT2D eigenvalue weighted by molar-refractivity contribution is 0.330. The van der Waals surface area contributed by atoms with Crippen LogP contribution in [0.1, 0.15) is 17.5 Å². The van der Waals surface area contributed by atoms with Crippen molar-refractivity contribution in [2.24, 2.45) is 5.73 Å². The molecule has 138 valence electrons. The van der Waals surface area contributed by atoms with E-state index >= 15 is 0 Å². The van der Waals surface area contributed by atoms with Crippen molar-refractivity contribution in [2.45, 2.75) is 49.7 Å². The largest absolute Gasteiger partial charge is 0.398 e. The molecule has 6 N–H and O–H groups in total. The molecule has 0 radical (unpaired) electrons. The normalized spacial score (nSPS) is 32.4. The van der Waals surface area contributed by atoms with Gasteiger partial charge in [-0.2, -0.15) is 0 Å². The number of ether oxygens (including phenoxy) is 4.